The fraction of sp³-hybridized carbons (Fsp3) is 0.321. The standard InChI is InChI=1S/C28H33N3O6S2/c1-37-26-15-11-25(12-16-26)30-39(35,36)27-17-13-24(14-18-27)29-28(32)23-10-5-19-31(21-23)38(33,34)20-6-9-22-7-3-2-4-8-22/h2-4,7-8,11-18,23,30H,5-6,9-10,19-21H2,1H3,(H,29,32)/t23-/m0/s1. The van der Waals surface area contributed by atoms with Gasteiger partial charge in [-0.05, 0) is 79.8 Å². The first-order valence-electron chi connectivity index (χ1n) is 12.8. The van der Waals surface area contributed by atoms with Gasteiger partial charge in [-0.3, -0.25) is 9.52 Å². The Balaban J connectivity index is 1.31. The molecule has 0 bridgehead atoms. The molecule has 1 fully saturated rings. The molecule has 1 aliphatic rings. The highest BCUT2D eigenvalue weighted by Crippen LogP contribution is 2.24. The van der Waals surface area contributed by atoms with E-state index in [1.165, 1.54) is 35.7 Å². The zero-order valence-electron chi connectivity index (χ0n) is 21.7. The number of methoxy groups -OCH3 is 1. The molecule has 3 aromatic rings. The van der Waals surface area contributed by atoms with Crippen molar-refractivity contribution in [2.75, 3.05) is 36.0 Å². The number of nitrogens with one attached hydrogen (secondary N) is 2. The first-order valence-corrected chi connectivity index (χ1v) is 15.8. The number of hydrogen-bond acceptors (Lipinski definition) is 6. The Morgan fingerprint density at radius 1 is 0.923 bits per heavy atom. The van der Waals surface area contributed by atoms with Gasteiger partial charge in [-0.25, -0.2) is 21.1 Å². The minimum atomic E-state index is -3.82. The van der Waals surface area contributed by atoms with Crippen molar-refractivity contribution in [3.8, 4) is 5.75 Å². The second-order valence-electron chi connectivity index (χ2n) is 9.45. The first-order chi connectivity index (χ1) is 18.7. The Morgan fingerprint density at radius 3 is 2.26 bits per heavy atom. The number of anilines is 2. The van der Waals surface area contributed by atoms with Gasteiger partial charge in [0.15, 0.2) is 0 Å². The number of rotatable bonds is 11. The molecule has 208 valence electrons. The second-order valence-corrected chi connectivity index (χ2v) is 13.2. The van der Waals surface area contributed by atoms with Crippen LogP contribution in [0.15, 0.2) is 83.8 Å². The molecule has 0 saturated carbocycles. The molecule has 1 saturated heterocycles. The van der Waals surface area contributed by atoms with Gasteiger partial charge in [0, 0.05) is 24.5 Å². The normalized spacial score (nSPS) is 16.4. The maximum absolute atomic E-state index is 12.9. The number of aryl methyl sites for hydroxylation is 1. The van der Waals surface area contributed by atoms with Crippen LogP contribution in [0.4, 0.5) is 11.4 Å². The summed E-state index contributed by atoms with van der Waals surface area (Å²) in [6.45, 7) is 0.545. The fourth-order valence-electron chi connectivity index (χ4n) is 4.48. The third-order valence-corrected chi connectivity index (χ3v) is 9.95. The Labute approximate surface area is 230 Å². The molecule has 2 N–H and O–H groups in total. The van der Waals surface area contributed by atoms with Gasteiger partial charge >= 0.3 is 0 Å². The summed E-state index contributed by atoms with van der Waals surface area (Å²) in [5.41, 5.74) is 1.93. The largest absolute Gasteiger partial charge is 0.497 e. The average molecular weight is 572 g/mol. The third kappa shape index (κ3) is 7.81. The number of carbonyl (C=O) groups excluding carboxylic acids is 1. The van der Waals surface area contributed by atoms with E-state index in [2.05, 4.69) is 10.0 Å². The number of piperidine rings is 1. The van der Waals surface area contributed by atoms with Crippen molar-refractivity contribution < 1.29 is 26.4 Å². The van der Waals surface area contributed by atoms with E-state index in [-0.39, 0.29) is 23.1 Å². The molecular formula is C28H33N3O6S2. The molecule has 0 radical (unpaired) electrons. The number of hydrogen-bond donors (Lipinski definition) is 2. The highest BCUT2D eigenvalue weighted by atomic mass is 32.2. The predicted octanol–water partition coefficient (Wildman–Crippen LogP) is 4.11. The molecule has 39 heavy (non-hydrogen) atoms. The van der Waals surface area contributed by atoms with Crippen molar-refractivity contribution in [3.05, 3.63) is 84.4 Å². The van der Waals surface area contributed by atoms with Crippen LogP contribution in [0.25, 0.3) is 0 Å². The lowest BCUT2D eigenvalue weighted by atomic mass is 9.99. The number of amides is 1. The summed E-state index contributed by atoms with van der Waals surface area (Å²) in [5.74, 6) is -0.120. The summed E-state index contributed by atoms with van der Waals surface area (Å²) in [6, 6.07) is 22.1. The van der Waals surface area contributed by atoms with Crippen molar-refractivity contribution in [1.29, 1.82) is 0 Å². The quantitative estimate of drug-likeness (QED) is 0.357. The minimum Gasteiger partial charge on any atom is -0.497 e. The van der Waals surface area contributed by atoms with Crippen LogP contribution in [0, 0.1) is 5.92 Å². The molecule has 0 spiro atoms. The van der Waals surface area contributed by atoms with Gasteiger partial charge < -0.3 is 10.1 Å². The van der Waals surface area contributed by atoms with Crippen LogP contribution in [-0.4, -0.2) is 53.0 Å². The molecule has 0 unspecified atom stereocenters. The topological polar surface area (TPSA) is 122 Å². The summed E-state index contributed by atoms with van der Waals surface area (Å²) in [6.07, 6.45) is 2.38. The van der Waals surface area contributed by atoms with Crippen LogP contribution in [0.5, 0.6) is 5.75 Å². The van der Waals surface area contributed by atoms with Crippen molar-refractivity contribution in [1.82, 2.24) is 4.31 Å². The van der Waals surface area contributed by atoms with Crippen LogP contribution in [-0.2, 0) is 31.3 Å². The number of nitrogens with zero attached hydrogens (tertiary/aromatic N) is 1. The summed E-state index contributed by atoms with van der Waals surface area (Å²) in [4.78, 5) is 13.0. The van der Waals surface area contributed by atoms with E-state index in [1.807, 2.05) is 30.3 Å². The molecule has 0 aromatic heterocycles. The van der Waals surface area contributed by atoms with Crippen LogP contribution in [0.3, 0.4) is 0 Å². The smallest absolute Gasteiger partial charge is 0.261 e. The van der Waals surface area contributed by atoms with Crippen molar-refractivity contribution in [2.45, 2.75) is 30.6 Å². The van der Waals surface area contributed by atoms with Gasteiger partial charge in [-0.15, -0.1) is 0 Å². The zero-order valence-corrected chi connectivity index (χ0v) is 23.4. The van der Waals surface area contributed by atoms with Gasteiger partial charge in [0.2, 0.25) is 15.9 Å². The van der Waals surface area contributed by atoms with Gasteiger partial charge in [0.25, 0.3) is 10.0 Å². The summed E-state index contributed by atoms with van der Waals surface area (Å²) in [7, 11) is -5.77. The summed E-state index contributed by atoms with van der Waals surface area (Å²) in [5, 5.41) is 2.80. The molecular weight excluding hydrogens is 538 g/mol. The molecule has 0 aliphatic carbocycles. The SMILES string of the molecule is COc1ccc(NS(=O)(=O)c2ccc(NC(=O)[C@H]3CCCN(S(=O)(=O)CCCc4ccccc4)C3)cc2)cc1. The molecule has 1 amide bonds. The molecule has 9 nitrogen and oxygen atoms in total. The number of ether oxygens (including phenoxy) is 1. The van der Waals surface area contributed by atoms with Crippen molar-refractivity contribution in [3.63, 3.8) is 0 Å². The zero-order chi connectivity index (χ0) is 27.9. The Kier molecular flexibility index (Phi) is 9.26. The summed E-state index contributed by atoms with van der Waals surface area (Å²) >= 11 is 0. The van der Waals surface area contributed by atoms with E-state index in [9.17, 15) is 21.6 Å². The van der Waals surface area contributed by atoms with Gasteiger partial charge in [0.05, 0.1) is 23.7 Å². The average Bonchev–Trinajstić information content (AvgIpc) is 2.94. The van der Waals surface area contributed by atoms with Gasteiger partial charge in [-0.2, -0.15) is 0 Å². The van der Waals surface area contributed by atoms with E-state index >= 15 is 0 Å². The molecule has 4 rings (SSSR count). The second kappa shape index (κ2) is 12.6. The van der Waals surface area contributed by atoms with Gasteiger partial charge in [0.1, 0.15) is 5.75 Å². The summed E-state index contributed by atoms with van der Waals surface area (Å²) < 4.78 is 60.3. The van der Waals surface area contributed by atoms with E-state index < -0.39 is 26.0 Å². The minimum absolute atomic E-state index is 0.0384. The number of benzene rings is 3. The number of sulfonamides is 2. The van der Waals surface area contributed by atoms with Crippen LogP contribution in [0.1, 0.15) is 24.8 Å². The molecule has 3 aromatic carbocycles. The van der Waals surface area contributed by atoms with Gasteiger partial charge in [-0.1, -0.05) is 30.3 Å². The van der Waals surface area contributed by atoms with Crippen molar-refractivity contribution >= 4 is 37.3 Å². The Hall–Kier alpha value is -3.41. The van der Waals surface area contributed by atoms with Crippen LogP contribution >= 0.6 is 0 Å². The highest BCUT2D eigenvalue weighted by Gasteiger charge is 2.32. The molecule has 1 aliphatic heterocycles. The maximum atomic E-state index is 12.9. The first kappa shape index (κ1) is 28.6. The lowest BCUT2D eigenvalue weighted by molar-refractivity contribution is -0.120. The molecule has 1 atom stereocenters. The molecule has 11 heteroatoms. The monoisotopic (exact) mass is 571 g/mol. The van der Waals surface area contributed by atoms with E-state index in [0.717, 1.165) is 5.56 Å². The van der Waals surface area contributed by atoms with E-state index in [0.29, 0.717) is 49.4 Å². The predicted molar refractivity (Wildman–Crippen MR) is 152 cm³/mol. The van der Waals surface area contributed by atoms with Crippen LogP contribution in [0.2, 0.25) is 0 Å². The molecule has 1 heterocycles. The maximum Gasteiger partial charge on any atom is 0.261 e. The highest BCUT2D eigenvalue weighted by molar-refractivity contribution is 7.92. The Morgan fingerprint density at radius 2 is 1.59 bits per heavy atom. The van der Waals surface area contributed by atoms with Crippen molar-refractivity contribution in [2.24, 2.45) is 5.92 Å². The van der Waals surface area contributed by atoms with Crippen LogP contribution < -0.4 is 14.8 Å². The lowest BCUT2D eigenvalue weighted by Gasteiger charge is -2.31. The Bertz CT molecular complexity index is 1460. The number of carbonyl (C=O) groups is 1. The van der Waals surface area contributed by atoms with E-state index in [1.54, 1.807) is 24.3 Å². The fourth-order valence-corrected chi connectivity index (χ4v) is 7.12. The lowest BCUT2D eigenvalue weighted by Crippen LogP contribution is -2.44. The van der Waals surface area contributed by atoms with E-state index in [4.69, 9.17) is 4.74 Å². The third-order valence-electron chi connectivity index (χ3n) is 6.63.